The third-order valence-electron chi connectivity index (χ3n) is 3.07. The van der Waals surface area contributed by atoms with Crippen molar-refractivity contribution in [3.8, 4) is 5.69 Å². The number of alkyl halides is 1. The van der Waals surface area contributed by atoms with E-state index in [1.165, 1.54) is 0 Å². The smallest absolute Gasteiger partial charge is 0.115 e. The number of rotatable bonds is 3. The van der Waals surface area contributed by atoms with Gasteiger partial charge in [0.15, 0.2) is 0 Å². The summed E-state index contributed by atoms with van der Waals surface area (Å²) in [6, 6.07) is 14.3. The van der Waals surface area contributed by atoms with E-state index < -0.39 is 0 Å². The third kappa shape index (κ3) is 2.65. The van der Waals surface area contributed by atoms with Crippen molar-refractivity contribution in [1.82, 2.24) is 9.55 Å². The molecule has 1 heterocycles. The first-order chi connectivity index (χ1) is 9.69. The quantitative estimate of drug-likeness (QED) is 0.530. The van der Waals surface area contributed by atoms with E-state index >= 15 is 0 Å². The first-order valence-electron chi connectivity index (χ1n) is 6.18. The number of hydrogen-bond donors (Lipinski definition) is 0. The lowest BCUT2D eigenvalue weighted by Gasteiger charge is -2.09. The summed E-state index contributed by atoms with van der Waals surface area (Å²) in [7, 11) is 0. The van der Waals surface area contributed by atoms with Crippen LogP contribution in [-0.2, 0) is 6.42 Å². The van der Waals surface area contributed by atoms with Crippen LogP contribution in [0.5, 0.6) is 0 Å². The maximum absolute atomic E-state index is 5.91. The zero-order chi connectivity index (χ0) is 14.1. The second kappa shape index (κ2) is 5.88. The second-order valence-electron chi connectivity index (χ2n) is 4.42. The van der Waals surface area contributed by atoms with Gasteiger partial charge in [0, 0.05) is 26.9 Å². The molecule has 20 heavy (non-hydrogen) atoms. The molecule has 0 saturated heterocycles. The molecule has 0 atom stereocenters. The fraction of sp³-hybridized carbons (Fsp3) is 0.133. The van der Waals surface area contributed by atoms with Crippen LogP contribution < -0.4 is 0 Å². The van der Waals surface area contributed by atoms with Crippen LogP contribution in [0, 0.1) is 0 Å². The molecule has 0 aliphatic heterocycles. The van der Waals surface area contributed by atoms with Crippen LogP contribution in [0.3, 0.4) is 0 Å². The number of fused-ring (bicyclic) bond motifs is 1. The van der Waals surface area contributed by atoms with Crippen LogP contribution in [0.2, 0.25) is 0 Å². The summed E-state index contributed by atoms with van der Waals surface area (Å²) in [6.07, 6.45) is 0.736. The van der Waals surface area contributed by atoms with Crippen molar-refractivity contribution in [1.29, 1.82) is 0 Å². The van der Waals surface area contributed by atoms with Gasteiger partial charge in [-0.3, -0.25) is 4.57 Å². The molecule has 102 valence electrons. The number of aromatic nitrogens is 2. The van der Waals surface area contributed by atoms with Crippen molar-refractivity contribution in [2.75, 3.05) is 5.88 Å². The molecule has 0 spiro atoms. The van der Waals surface area contributed by atoms with Crippen molar-refractivity contribution < 1.29 is 0 Å². The molecule has 1 aromatic heterocycles. The summed E-state index contributed by atoms with van der Waals surface area (Å²) in [5.41, 5.74) is 3.14. The number of benzene rings is 2. The van der Waals surface area contributed by atoms with E-state index in [-0.39, 0.29) is 0 Å². The predicted molar refractivity (Wildman–Crippen MR) is 90.9 cm³/mol. The minimum atomic E-state index is 0.554. The predicted octanol–water partition coefficient (Wildman–Crippen LogP) is 5.33. The highest BCUT2D eigenvalue weighted by Gasteiger charge is 2.12. The van der Waals surface area contributed by atoms with E-state index in [4.69, 9.17) is 16.6 Å². The van der Waals surface area contributed by atoms with Crippen molar-refractivity contribution in [3.63, 3.8) is 0 Å². The molecule has 0 N–H and O–H groups in total. The first-order valence-corrected chi connectivity index (χ1v) is 8.30. The average Bonchev–Trinajstić information content (AvgIpc) is 2.76. The fourth-order valence-electron chi connectivity index (χ4n) is 2.25. The number of aryl methyl sites for hydroxylation is 1. The Morgan fingerprint density at radius 3 is 2.60 bits per heavy atom. The molecule has 0 aliphatic rings. The van der Waals surface area contributed by atoms with Gasteiger partial charge in [-0.05, 0) is 36.4 Å². The van der Waals surface area contributed by atoms with Crippen molar-refractivity contribution in [2.24, 2.45) is 0 Å². The highest BCUT2D eigenvalue weighted by Crippen LogP contribution is 2.26. The Hall–Kier alpha value is -0.840. The van der Waals surface area contributed by atoms with Gasteiger partial charge >= 0.3 is 0 Å². The van der Waals surface area contributed by atoms with E-state index in [0.717, 1.165) is 37.9 Å². The fourth-order valence-corrected chi connectivity index (χ4v) is 3.16. The molecule has 3 aromatic rings. The minimum Gasteiger partial charge on any atom is -0.296 e. The van der Waals surface area contributed by atoms with Crippen LogP contribution in [0.25, 0.3) is 16.7 Å². The van der Waals surface area contributed by atoms with E-state index in [1.54, 1.807) is 0 Å². The molecule has 0 radical (unpaired) electrons. The zero-order valence-corrected chi connectivity index (χ0v) is 14.4. The monoisotopic (exact) mass is 412 g/mol. The molecular formula is C15H11Br2ClN2. The Labute approximate surface area is 139 Å². The summed E-state index contributed by atoms with van der Waals surface area (Å²) in [6.45, 7) is 0. The summed E-state index contributed by atoms with van der Waals surface area (Å²) in [4.78, 5) is 4.69. The van der Waals surface area contributed by atoms with Gasteiger partial charge in [0.1, 0.15) is 5.82 Å². The summed E-state index contributed by atoms with van der Waals surface area (Å²) < 4.78 is 4.25. The minimum absolute atomic E-state index is 0.554. The molecule has 2 aromatic carbocycles. The lowest BCUT2D eigenvalue weighted by molar-refractivity contribution is 0.912. The molecule has 3 rings (SSSR count). The van der Waals surface area contributed by atoms with Gasteiger partial charge in [0.2, 0.25) is 0 Å². The van der Waals surface area contributed by atoms with Gasteiger partial charge in [-0.1, -0.05) is 37.9 Å². The highest BCUT2D eigenvalue weighted by atomic mass is 79.9. The largest absolute Gasteiger partial charge is 0.296 e. The van der Waals surface area contributed by atoms with E-state index in [1.807, 2.05) is 24.3 Å². The SMILES string of the molecule is ClCCc1nc2ccc(Br)cc2n1-c1cccc(Br)c1. The number of imidazole rings is 1. The maximum Gasteiger partial charge on any atom is 0.115 e. The normalized spacial score (nSPS) is 11.2. The molecule has 0 bridgehead atoms. The van der Waals surface area contributed by atoms with E-state index in [0.29, 0.717) is 5.88 Å². The van der Waals surface area contributed by atoms with Gasteiger partial charge in [-0.2, -0.15) is 0 Å². The summed E-state index contributed by atoms with van der Waals surface area (Å²) in [5.74, 6) is 1.53. The molecule has 0 unspecified atom stereocenters. The Bertz CT molecular complexity index is 768. The molecule has 0 fully saturated rings. The maximum atomic E-state index is 5.91. The van der Waals surface area contributed by atoms with Crippen molar-refractivity contribution in [3.05, 3.63) is 57.2 Å². The topological polar surface area (TPSA) is 17.8 Å². The van der Waals surface area contributed by atoms with Crippen molar-refractivity contribution >= 4 is 54.5 Å². The lowest BCUT2D eigenvalue weighted by Crippen LogP contribution is -2.02. The van der Waals surface area contributed by atoms with Gasteiger partial charge in [-0.25, -0.2) is 4.98 Å². The number of halogens is 3. The van der Waals surface area contributed by atoms with Crippen LogP contribution in [0.4, 0.5) is 0 Å². The Morgan fingerprint density at radius 1 is 1.05 bits per heavy atom. The summed E-state index contributed by atoms with van der Waals surface area (Å²) in [5, 5.41) is 0. The Balaban J connectivity index is 2.30. The molecule has 0 saturated carbocycles. The average molecular weight is 415 g/mol. The van der Waals surface area contributed by atoms with Gasteiger partial charge in [0.25, 0.3) is 0 Å². The van der Waals surface area contributed by atoms with E-state index in [2.05, 4.69) is 54.6 Å². The van der Waals surface area contributed by atoms with E-state index in [9.17, 15) is 0 Å². The van der Waals surface area contributed by atoms with Crippen LogP contribution >= 0.6 is 43.5 Å². The number of nitrogens with zero attached hydrogens (tertiary/aromatic N) is 2. The standard InChI is InChI=1S/C15H11Br2ClN2/c16-10-2-1-3-12(8-10)20-14-9-11(17)4-5-13(14)19-15(20)6-7-18/h1-5,8-9H,6-7H2. The van der Waals surface area contributed by atoms with Crippen LogP contribution in [0.15, 0.2) is 51.4 Å². The molecule has 2 nitrogen and oxygen atoms in total. The van der Waals surface area contributed by atoms with Gasteiger partial charge < -0.3 is 0 Å². The molecular weight excluding hydrogens is 403 g/mol. The third-order valence-corrected chi connectivity index (χ3v) is 4.25. The van der Waals surface area contributed by atoms with Crippen molar-refractivity contribution in [2.45, 2.75) is 6.42 Å². The first kappa shape index (κ1) is 14.1. The molecule has 5 heteroatoms. The Morgan fingerprint density at radius 2 is 1.85 bits per heavy atom. The summed E-state index contributed by atoms with van der Waals surface area (Å²) >= 11 is 13.0. The van der Waals surface area contributed by atoms with Gasteiger partial charge in [0.05, 0.1) is 11.0 Å². The van der Waals surface area contributed by atoms with Gasteiger partial charge in [-0.15, -0.1) is 11.6 Å². The Kier molecular flexibility index (Phi) is 4.15. The zero-order valence-electron chi connectivity index (χ0n) is 10.5. The second-order valence-corrected chi connectivity index (χ2v) is 6.62. The number of hydrogen-bond acceptors (Lipinski definition) is 1. The molecule has 0 amide bonds. The lowest BCUT2D eigenvalue weighted by atomic mass is 10.2. The van der Waals surface area contributed by atoms with Crippen LogP contribution in [-0.4, -0.2) is 15.4 Å². The van der Waals surface area contributed by atoms with Crippen LogP contribution in [0.1, 0.15) is 5.82 Å². The molecule has 0 aliphatic carbocycles. The highest BCUT2D eigenvalue weighted by molar-refractivity contribution is 9.10.